The number of nitrogens with one attached hydrogen (secondary N) is 1. The van der Waals surface area contributed by atoms with E-state index in [0.29, 0.717) is 37.0 Å². The first-order valence-corrected chi connectivity index (χ1v) is 13.8. The molecule has 2 aromatic carbocycles. The average molecular weight is 503 g/mol. The van der Waals surface area contributed by atoms with Crippen molar-refractivity contribution in [1.29, 1.82) is 0 Å². The molecule has 1 aromatic heterocycles. The third-order valence-electron chi connectivity index (χ3n) is 8.10. The molecule has 2 fully saturated rings. The van der Waals surface area contributed by atoms with E-state index in [1.807, 2.05) is 18.2 Å². The molecule has 8 heteroatoms. The number of phenolic OH excluding ortho intramolecular Hbond substituents is 1. The van der Waals surface area contributed by atoms with Gasteiger partial charge in [-0.3, -0.25) is 4.90 Å². The number of rotatable bonds is 6. The van der Waals surface area contributed by atoms with Gasteiger partial charge in [-0.2, -0.15) is 9.97 Å². The minimum atomic E-state index is 0.291. The molecule has 0 radical (unpaired) electrons. The maximum atomic E-state index is 10.4. The Morgan fingerprint density at radius 1 is 1.05 bits per heavy atom. The minimum Gasteiger partial charge on any atom is -0.508 e. The van der Waals surface area contributed by atoms with Gasteiger partial charge >= 0.3 is 6.01 Å². The highest BCUT2D eigenvalue weighted by Gasteiger charge is 2.30. The van der Waals surface area contributed by atoms with Crippen molar-refractivity contribution in [3.8, 4) is 11.8 Å². The van der Waals surface area contributed by atoms with E-state index in [9.17, 15) is 5.11 Å². The Hall–Kier alpha value is -3.10. The molecular formula is C29H38N6O2. The van der Waals surface area contributed by atoms with E-state index in [2.05, 4.69) is 52.1 Å². The SMILES string of the molecule is CC(C)N1CCC[C@H]1COc1nc2c(c(N3CCNCC3)n1)CCN(c1cc(O)cc3ccccc13)C2. The lowest BCUT2D eigenvalue weighted by atomic mass is 10.0. The number of benzene rings is 2. The van der Waals surface area contributed by atoms with Crippen molar-refractivity contribution >= 4 is 22.3 Å². The molecule has 2 saturated heterocycles. The van der Waals surface area contributed by atoms with Gasteiger partial charge in [-0.05, 0) is 51.1 Å². The molecular weight excluding hydrogens is 464 g/mol. The topological polar surface area (TPSA) is 77.0 Å². The van der Waals surface area contributed by atoms with Crippen LogP contribution in [0.5, 0.6) is 11.8 Å². The number of fused-ring (bicyclic) bond motifs is 2. The van der Waals surface area contributed by atoms with Crippen LogP contribution in [-0.4, -0.2) is 77.9 Å². The van der Waals surface area contributed by atoms with Gasteiger partial charge in [0.2, 0.25) is 0 Å². The largest absolute Gasteiger partial charge is 0.508 e. The highest BCUT2D eigenvalue weighted by molar-refractivity contribution is 5.95. The third-order valence-corrected chi connectivity index (χ3v) is 8.10. The van der Waals surface area contributed by atoms with Crippen molar-refractivity contribution in [3.63, 3.8) is 0 Å². The summed E-state index contributed by atoms with van der Waals surface area (Å²) in [5.74, 6) is 1.33. The first-order chi connectivity index (χ1) is 18.1. The molecule has 0 amide bonds. The van der Waals surface area contributed by atoms with Crippen LogP contribution in [0.15, 0.2) is 36.4 Å². The van der Waals surface area contributed by atoms with Gasteiger partial charge in [-0.1, -0.05) is 24.3 Å². The quantitative estimate of drug-likeness (QED) is 0.530. The first-order valence-electron chi connectivity index (χ1n) is 13.8. The summed E-state index contributed by atoms with van der Waals surface area (Å²) in [4.78, 5) is 17.2. The molecule has 2 N–H and O–H groups in total. The fourth-order valence-electron chi connectivity index (χ4n) is 6.22. The van der Waals surface area contributed by atoms with Crippen LogP contribution in [0.3, 0.4) is 0 Å². The van der Waals surface area contributed by atoms with E-state index in [1.165, 1.54) is 12.0 Å². The van der Waals surface area contributed by atoms with Crippen LogP contribution in [0, 0.1) is 0 Å². The highest BCUT2D eigenvalue weighted by atomic mass is 16.5. The lowest BCUT2D eigenvalue weighted by Gasteiger charge is -2.35. The second-order valence-electron chi connectivity index (χ2n) is 10.8. The van der Waals surface area contributed by atoms with Crippen molar-refractivity contribution in [2.75, 3.05) is 55.7 Å². The Labute approximate surface area is 219 Å². The zero-order valence-electron chi connectivity index (χ0n) is 22.0. The van der Waals surface area contributed by atoms with Crippen molar-refractivity contribution in [2.45, 2.75) is 51.7 Å². The van der Waals surface area contributed by atoms with E-state index < -0.39 is 0 Å². The molecule has 0 unspecified atom stereocenters. The maximum absolute atomic E-state index is 10.4. The fourth-order valence-corrected chi connectivity index (χ4v) is 6.22. The van der Waals surface area contributed by atoms with Gasteiger partial charge in [0, 0.05) is 67.5 Å². The summed E-state index contributed by atoms with van der Waals surface area (Å²) in [5.41, 5.74) is 3.31. The Kier molecular flexibility index (Phi) is 6.78. The van der Waals surface area contributed by atoms with E-state index in [1.54, 1.807) is 0 Å². The molecule has 4 heterocycles. The van der Waals surface area contributed by atoms with Gasteiger partial charge in [0.25, 0.3) is 0 Å². The van der Waals surface area contributed by atoms with Gasteiger partial charge < -0.3 is 25.0 Å². The normalized spacial score (nSPS) is 20.6. The number of piperazine rings is 1. The fraction of sp³-hybridized carbons (Fsp3) is 0.517. The molecule has 0 aliphatic carbocycles. The summed E-state index contributed by atoms with van der Waals surface area (Å²) in [6.07, 6.45) is 3.24. The molecule has 3 aliphatic rings. The van der Waals surface area contributed by atoms with E-state index in [4.69, 9.17) is 14.7 Å². The Morgan fingerprint density at radius 3 is 2.73 bits per heavy atom. The predicted molar refractivity (Wildman–Crippen MR) is 148 cm³/mol. The zero-order chi connectivity index (χ0) is 25.4. The maximum Gasteiger partial charge on any atom is 0.318 e. The first kappa shape index (κ1) is 24.2. The molecule has 3 aromatic rings. The summed E-state index contributed by atoms with van der Waals surface area (Å²) in [6, 6.07) is 13.4. The van der Waals surface area contributed by atoms with Crippen LogP contribution in [0.4, 0.5) is 11.5 Å². The summed E-state index contributed by atoms with van der Waals surface area (Å²) in [5, 5.41) is 16.1. The van der Waals surface area contributed by atoms with E-state index >= 15 is 0 Å². The lowest BCUT2D eigenvalue weighted by Crippen LogP contribution is -2.45. The van der Waals surface area contributed by atoms with Crippen LogP contribution < -0.4 is 19.9 Å². The second kappa shape index (κ2) is 10.3. The number of ether oxygens (including phenoxy) is 1. The number of hydrogen-bond acceptors (Lipinski definition) is 8. The number of nitrogens with zero attached hydrogens (tertiary/aromatic N) is 5. The van der Waals surface area contributed by atoms with Gasteiger partial charge in [0.05, 0.1) is 12.2 Å². The Morgan fingerprint density at radius 2 is 1.89 bits per heavy atom. The van der Waals surface area contributed by atoms with Crippen LogP contribution >= 0.6 is 0 Å². The highest BCUT2D eigenvalue weighted by Crippen LogP contribution is 2.36. The van der Waals surface area contributed by atoms with Gasteiger partial charge in [0.1, 0.15) is 18.2 Å². The number of hydrogen-bond donors (Lipinski definition) is 2. The lowest BCUT2D eigenvalue weighted by molar-refractivity contribution is 0.138. The van der Waals surface area contributed by atoms with Crippen LogP contribution in [0.2, 0.25) is 0 Å². The third kappa shape index (κ3) is 4.92. The summed E-state index contributed by atoms with van der Waals surface area (Å²) in [7, 11) is 0. The van der Waals surface area contributed by atoms with E-state index in [-0.39, 0.29) is 0 Å². The summed E-state index contributed by atoms with van der Waals surface area (Å²) in [6.45, 7) is 11.6. The second-order valence-corrected chi connectivity index (χ2v) is 10.8. The molecule has 3 aliphatic heterocycles. The van der Waals surface area contributed by atoms with Gasteiger partial charge in [-0.15, -0.1) is 0 Å². The molecule has 196 valence electrons. The number of anilines is 2. The van der Waals surface area contributed by atoms with E-state index in [0.717, 1.165) is 80.1 Å². The average Bonchev–Trinajstić information content (AvgIpc) is 3.40. The van der Waals surface area contributed by atoms with Gasteiger partial charge in [0.15, 0.2) is 0 Å². The van der Waals surface area contributed by atoms with Crippen LogP contribution in [0.25, 0.3) is 10.8 Å². The zero-order valence-corrected chi connectivity index (χ0v) is 22.0. The summed E-state index contributed by atoms with van der Waals surface area (Å²) >= 11 is 0. The van der Waals surface area contributed by atoms with Crippen LogP contribution in [0.1, 0.15) is 37.9 Å². The molecule has 0 saturated carbocycles. The molecule has 6 rings (SSSR count). The van der Waals surface area contributed by atoms with Crippen molar-refractivity contribution in [1.82, 2.24) is 20.2 Å². The number of phenols is 1. The standard InChI is InChI=1S/C29H38N6O2/c1-20(2)35-12-5-7-22(35)19-37-29-31-26-18-34(27-17-23(36)16-21-6-3-4-8-24(21)27)13-9-25(26)28(32-29)33-14-10-30-11-15-33/h3-4,6,8,16-17,20,22,30,36H,5,7,9-15,18-19H2,1-2H3/t22-/m0/s1. The smallest absolute Gasteiger partial charge is 0.318 e. The summed E-state index contributed by atoms with van der Waals surface area (Å²) < 4.78 is 6.33. The molecule has 8 nitrogen and oxygen atoms in total. The van der Waals surface area contributed by atoms with Crippen molar-refractivity contribution in [2.24, 2.45) is 0 Å². The Balaban J connectivity index is 1.32. The Bertz CT molecular complexity index is 1260. The van der Waals surface area contributed by atoms with Crippen LogP contribution in [-0.2, 0) is 13.0 Å². The number of aromatic nitrogens is 2. The van der Waals surface area contributed by atoms with Crippen molar-refractivity contribution in [3.05, 3.63) is 47.7 Å². The predicted octanol–water partition coefficient (Wildman–Crippen LogP) is 3.56. The molecule has 0 bridgehead atoms. The molecule has 1 atom stereocenters. The minimum absolute atomic E-state index is 0.291. The monoisotopic (exact) mass is 502 g/mol. The number of aromatic hydroxyl groups is 1. The number of likely N-dealkylation sites (tertiary alicyclic amines) is 1. The molecule has 0 spiro atoms. The van der Waals surface area contributed by atoms with Crippen molar-refractivity contribution < 1.29 is 9.84 Å². The van der Waals surface area contributed by atoms with Gasteiger partial charge in [-0.25, -0.2) is 0 Å². The molecule has 37 heavy (non-hydrogen) atoms.